The fraction of sp³-hybridized carbons (Fsp3) is 0.385. The number of nitrogens with one attached hydrogen (secondary N) is 1. The van der Waals surface area contributed by atoms with Crippen molar-refractivity contribution >= 4 is 11.5 Å². The van der Waals surface area contributed by atoms with Crippen LogP contribution >= 0.6 is 0 Å². The number of nitrogens with zero attached hydrogens (tertiary/aromatic N) is 2. The van der Waals surface area contributed by atoms with E-state index in [0.717, 1.165) is 11.4 Å². The van der Waals surface area contributed by atoms with E-state index in [9.17, 15) is 9.90 Å². The minimum Gasteiger partial charge on any atom is -0.476 e. The van der Waals surface area contributed by atoms with Gasteiger partial charge in [0.15, 0.2) is 5.69 Å². The minimum atomic E-state index is -0.981. The van der Waals surface area contributed by atoms with Crippen molar-refractivity contribution in [1.29, 1.82) is 0 Å². The Balaban J connectivity index is 2.61. The number of carbonyl (C=O) groups is 1. The fourth-order valence-corrected chi connectivity index (χ4v) is 2.04. The number of hydrogen-bond acceptors (Lipinski definition) is 3. The number of carboxylic acids is 1. The van der Waals surface area contributed by atoms with E-state index in [2.05, 4.69) is 10.3 Å². The predicted molar refractivity (Wildman–Crippen MR) is 69.1 cm³/mol. The molecule has 0 amide bonds. The van der Waals surface area contributed by atoms with Gasteiger partial charge in [0.25, 0.3) is 0 Å². The quantitative estimate of drug-likeness (QED) is 0.859. The molecule has 0 saturated carbocycles. The van der Waals surface area contributed by atoms with Crippen molar-refractivity contribution < 1.29 is 9.90 Å². The molecule has 0 saturated heterocycles. The van der Waals surface area contributed by atoms with E-state index in [1.54, 1.807) is 0 Å². The first-order valence-electron chi connectivity index (χ1n) is 5.91. The first-order valence-corrected chi connectivity index (χ1v) is 5.91. The maximum Gasteiger partial charge on any atom is 0.356 e. The summed E-state index contributed by atoms with van der Waals surface area (Å²) < 4.78 is 1.87. The lowest BCUT2D eigenvalue weighted by Crippen LogP contribution is -2.24. The number of pyridine rings is 1. The van der Waals surface area contributed by atoms with Gasteiger partial charge in [-0.15, -0.1) is 0 Å². The lowest BCUT2D eigenvalue weighted by Gasteiger charge is -2.08. The first-order chi connectivity index (χ1) is 8.54. The number of fused-ring (bicyclic) bond motifs is 1. The molecule has 18 heavy (non-hydrogen) atoms. The Hall–Kier alpha value is -1.88. The highest BCUT2D eigenvalue weighted by Crippen LogP contribution is 2.18. The molecule has 2 aromatic heterocycles. The molecule has 0 aliphatic rings. The molecule has 0 aromatic carbocycles. The lowest BCUT2D eigenvalue weighted by atomic mass is 10.2. The molecule has 0 fully saturated rings. The van der Waals surface area contributed by atoms with E-state index >= 15 is 0 Å². The maximum absolute atomic E-state index is 11.2. The van der Waals surface area contributed by atoms with Crippen LogP contribution < -0.4 is 5.32 Å². The van der Waals surface area contributed by atoms with E-state index in [4.69, 9.17) is 0 Å². The van der Waals surface area contributed by atoms with E-state index in [1.165, 1.54) is 0 Å². The predicted octanol–water partition coefficient (Wildman–Crippen LogP) is 1.49. The molecule has 0 bridgehead atoms. The number of carboxylic acid groups (broad SMARTS) is 1. The van der Waals surface area contributed by atoms with Gasteiger partial charge in [-0.3, -0.25) is 0 Å². The van der Waals surface area contributed by atoms with Gasteiger partial charge in [0.2, 0.25) is 0 Å². The summed E-state index contributed by atoms with van der Waals surface area (Å²) in [7, 11) is 1.88. The standard InChI is InChI=1S/C13H17N3O2/c1-8-5-4-6-16-10(7-9(2)14-3)15-11(12(8)16)13(17)18/h4-6,9,14H,7H2,1-3H3,(H,17,18). The fourth-order valence-electron chi connectivity index (χ4n) is 2.04. The molecule has 2 N–H and O–H groups in total. The summed E-state index contributed by atoms with van der Waals surface area (Å²) in [5.74, 6) is -0.210. The van der Waals surface area contributed by atoms with E-state index in [-0.39, 0.29) is 11.7 Å². The van der Waals surface area contributed by atoms with Gasteiger partial charge in [-0.1, -0.05) is 6.07 Å². The third-order valence-corrected chi connectivity index (χ3v) is 3.12. The van der Waals surface area contributed by atoms with Crippen molar-refractivity contribution in [3.63, 3.8) is 0 Å². The highest BCUT2D eigenvalue weighted by atomic mass is 16.4. The van der Waals surface area contributed by atoms with Crippen molar-refractivity contribution in [2.24, 2.45) is 0 Å². The largest absolute Gasteiger partial charge is 0.476 e. The van der Waals surface area contributed by atoms with Crippen LogP contribution in [0.5, 0.6) is 0 Å². The SMILES string of the molecule is CNC(C)Cc1nc(C(=O)O)c2c(C)cccn12. The number of aromatic nitrogens is 2. The molecule has 5 heteroatoms. The summed E-state index contributed by atoms with van der Waals surface area (Å²) in [4.78, 5) is 15.5. The van der Waals surface area contributed by atoms with Crippen molar-refractivity contribution in [2.45, 2.75) is 26.3 Å². The molecule has 2 rings (SSSR count). The van der Waals surface area contributed by atoms with Crippen LogP contribution in [-0.4, -0.2) is 33.6 Å². The topological polar surface area (TPSA) is 66.6 Å². The van der Waals surface area contributed by atoms with Gasteiger partial charge in [-0.05, 0) is 32.5 Å². The van der Waals surface area contributed by atoms with Crippen molar-refractivity contribution in [3.8, 4) is 0 Å². The van der Waals surface area contributed by atoms with E-state index in [0.29, 0.717) is 11.9 Å². The molecule has 5 nitrogen and oxygen atoms in total. The molecular formula is C13H17N3O2. The van der Waals surface area contributed by atoms with Crippen LogP contribution in [0.15, 0.2) is 18.3 Å². The summed E-state index contributed by atoms with van der Waals surface area (Å²) in [6.07, 6.45) is 2.55. The Morgan fingerprint density at radius 1 is 1.61 bits per heavy atom. The zero-order valence-electron chi connectivity index (χ0n) is 10.8. The van der Waals surface area contributed by atoms with Crippen molar-refractivity contribution in [3.05, 3.63) is 35.4 Å². The molecule has 96 valence electrons. The van der Waals surface area contributed by atoms with Crippen molar-refractivity contribution in [2.75, 3.05) is 7.05 Å². The van der Waals surface area contributed by atoms with Crippen LogP contribution in [-0.2, 0) is 6.42 Å². The molecule has 2 aromatic rings. The lowest BCUT2D eigenvalue weighted by molar-refractivity contribution is 0.0693. The number of likely N-dealkylation sites (N-methyl/N-ethyl adjacent to an activating group) is 1. The maximum atomic E-state index is 11.2. The van der Waals surface area contributed by atoms with Gasteiger partial charge in [0, 0.05) is 18.7 Å². The summed E-state index contributed by atoms with van der Waals surface area (Å²) in [6, 6.07) is 4.05. The van der Waals surface area contributed by atoms with Crippen LogP contribution in [0.2, 0.25) is 0 Å². The third-order valence-electron chi connectivity index (χ3n) is 3.12. The monoisotopic (exact) mass is 247 g/mol. The Morgan fingerprint density at radius 2 is 2.33 bits per heavy atom. The molecule has 1 atom stereocenters. The van der Waals surface area contributed by atoms with Crippen LogP contribution in [0.25, 0.3) is 5.52 Å². The highest BCUT2D eigenvalue weighted by Gasteiger charge is 2.18. The van der Waals surface area contributed by atoms with Crippen LogP contribution in [0.4, 0.5) is 0 Å². The van der Waals surface area contributed by atoms with Gasteiger partial charge >= 0.3 is 5.97 Å². The number of aromatic carboxylic acids is 1. The average molecular weight is 247 g/mol. The molecular weight excluding hydrogens is 230 g/mol. The summed E-state index contributed by atoms with van der Waals surface area (Å²) in [5, 5.41) is 12.4. The molecule has 0 radical (unpaired) electrons. The zero-order chi connectivity index (χ0) is 13.3. The average Bonchev–Trinajstić information content (AvgIpc) is 2.70. The first kappa shape index (κ1) is 12.6. The molecule has 0 aliphatic carbocycles. The molecule has 0 spiro atoms. The van der Waals surface area contributed by atoms with E-state index in [1.807, 2.05) is 43.6 Å². The molecule has 2 heterocycles. The molecule has 0 aliphatic heterocycles. The van der Waals surface area contributed by atoms with Crippen LogP contribution in [0, 0.1) is 6.92 Å². The van der Waals surface area contributed by atoms with Gasteiger partial charge < -0.3 is 14.8 Å². The highest BCUT2D eigenvalue weighted by molar-refractivity contribution is 5.94. The second-order valence-corrected chi connectivity index (χ2v) is 4.49. The Morgan fingerprint density at radius 3 is 2.94 bits per heavy atom. The number of rotatable bonds is 4. The van der Waals surface area contributed by atoms with Gasteiger partial charge in [0.05, 0.1) is 5.52 Å². The Labute approximate surface area is 105 Å². The van der Waals surface area contributed by atoms with Crippen LogP contribution in [0.1, 0.15) is 28.8 Å². The van der Waals surface area contributed by atoms with Gasteiger partial charge in [-0.25, -0.2) is 9.78 Å². The van der Waals surface area contributed by atoms with Gasteiger partial charge in [-0.2, -0.15) is 0 Å². The Bertz CT molecular complexity index is 589. The normalized spacial score (nSPS) is 12.8. The smallest absolute Gasteiger partial charge is 0.356 e. The zero-order valence-corrected chi connectivity index (χ0v) is 10.8. The minimum absolute atomic E-state index is 0.131. The number of aryl methyl sites for hydroxylation is 1. The Kier molecular flexibility index (Phi) is 3.34. The summed E-state index contributed by atoms with van der Waals surface area (Å²) >= 11 is 0. The third kappa shape index (κ3) is 2.09. The molecule has 1 unspecified atom stereocenters. The summed E-state index contributed by atoms with van der Waals surface area (Å²) in [5.41, 5.74) is 1.74. The van der Waals surface area contributed by atoms with Gasteiger partial charge in [0.1, 0.15) is 5.82 Å². The number of hydrogen-bond donors (Lipinski definition) is 2. The second kappa shape index (κ2) is 4.78. The number of imidazole rings is 1. The van der Waals surface area contributed by atoms with Crippen molar-refractivity contribution in [1.82, 2.24) is 14.7 Å². The second-order valence-electron chi connectivity index (χ2n) is 4.49. The van der Waals surface area contributed by atoms with Crippen LogP contribution in [0.3, 0.4) is 0 Å². The summed E-state index contributed by atoms with van der Waals surface area (Å²) in [6.45, 7) is 3.94. The van der Waals surface area contributed by atoms with E-state index < -0.39 is 5.97 Å².